The van der Waals surface area contributed by atoms with Crippen LogP contribution in [0.1, 0.15) is 263 Å². The Balaban J connectivity index is 0.000000139. The molecule has 33 nitrogen and oxygen atoms in total. The minimum Gasteiger partial charge on any atom is -0.449 e. The van der Waals surface area contributed by atoms with Crippen molar-refractivity contribution in [3.05, 3.63) is 248 Å². The number of pyridine rings is 4. The highest BCUT2D eigenvalue weighted by Crippen LogP contribution is 2.43. The molecule has 15 heterocycles. The van der Waals surface area contributed by atoms with E-state index in [0.717, 1.165) is 56.0 Å². The largest absolute Gasteiger partial charge is 0.449 e. The van der Waals surface area contributed by atoms with Gasteiger partial charge in [0, 0.05) is 148 Å². The van der Waals surface area contributed by atoms with Crippen LogP contribution in [0.2, 0.25) is 5.02 Å². The zero-order chi connectivity index (χ0) is 105. The number of benzene rings is 4. The van der Waals surface area contributed by atoms with Crippen molar-refractivity contribution in [2.24, 2.45) is 0 Å². The third-order valence-electron chi connectivity index (χ3n) is 26.8. The summed E-state index contributed by atoms with van der Waals surface area (Å²) in [6, 6.07) is 44.1. The molecule has 4 aliphatic rings. The predicted octanol–water partition coefficient (Wildman–Crippen LogP) is 19.6. The van der Waals surface area contributed by atoms with Crippen molar-refractivity contribution in [2.45, 2.75) is 217 Å². The third kappa shape index (κ3) is 21.5. The average Bonchev–Trinajstić information content (AvgIpc) is 1.61. The van der Waals surface area contributed by atoms with Crippen LogP contribution >= 0.6 is 11.6 Å². The molecule has 35 heteroatoms. The lowest BCUT2D eigenvalue weighted by atomic mass is 9.86. The van der Waals surface area contributed by atoms with Gasteiger partial charge in [0.1, 0.15) is 45.6 Å². The number of hydrogen-bond acceptors (Lipinski definition) is 23. The number of aromatic nitrogens is 12. The van der Waals surface area contributed by atoms with Crippen molar-refractivity contribution >= 4 is 103 Å². The number of carbonyl (C=O) groups is 8. The number of piperazine rings is 4. The Bertz CT molecular complexity index is 7290. The van der Waals surface area contributed by atoms with Gasteiger partial charge in [0.15, 0.2) is 45.4 Å². The van der Waals surface area contributed by atoms with E-state index >= 15 is 0 Å². The van der Waals surface area contributed by atoms with E-state index in [1.165, 1.54) is 40.1 Å². The number of nitrogens with zero attached hydrogens (tertiary/aromatic N) is 17. The zero-order valence-corrected chi connectivity index (χ0v) is 87.6. The van der Waals surface area contributed by atoms with Crippen LogP contribution in [0.5, 0.6) is 0 Å². The Hall–Kier alpha value is -15.0. The summed E-state index contributed by atoms with van der Waals surface area (Å²) in [5.74, 6) is -0.551. The molecular formula is C110H124ClFN20O13. The molecule has 0 unspecified atom stereocenters. The quantitative estimate of drug-likeness (QED) is 0.108. The summed E-state index contributed by atoms with van der Waals surface area (Å²) in [5.41, 5.74) is 15.0. The van der Waals surface area contributed by atoms with Gasteiger partial charge in [-0.05, 0) is 141 Å². The Kier molecular flexibility index (Phi) is 27.7. The minimum atomic E-state index is -0.999. The van der Waals surface area contributed by atoms with E-state index in [2.05, 4.69) is 225 Å². The van der Waals surface area contributed by atoms with E-state index in [9.17, 15) is 42.7 Å². The van der Waals surface area contributed by atoms with Crippen LogP contribution in [0.15, 0.2) is 168 Å². The van der Waals surface area contributed by atoms with Gasteiger partial charge in [-0.2, -0.15) is 5.10 Å². The topological polar surface area (TPSA) is 397 Å². The number of carbonyl (C=O) groups excluding carboxylic acids is 8. The van der Waals surface area contributed by atoms with Crippen molar-refractivity contribution in [2.75, 3.05) is 72.0 Å². The average molecular weight is 1990 g/mol. The summed E-state index contributed by atoms with van der Waals surface area (Å²) >= 11 is 5.83. The van der Waals surface area contributed by atoms with E-state index < -0.39 is 28.0 Å². The number of rotatable bonds is 11. The second-order valence-electron chi connectivity index (χ2n) is 44.2. The molecule has 0 spiro atoms. The van der Waals surface area contributed by atoms with Gasteiger partial charge in [0.25, 0.3) is 35.4 Å². The van der Waals surface area contributed by atoms with E-state index in [-0.39, 0.29) is 115 Å². The number of aromatic amines is 2. The van der Waals surface area contributed by atoms with Crippen molar-refractivity contribution in [3.63, 3.8) is 0 Å². The maximum Gasteiger partial charge on any atom is 0.311 e. The molecule has 4 saturated heterocycles. The van der Waals surface area contributed by atoms with E-state index in [0.29, 0.717) is 139 Å². The molecule has 4 aliphatic heterocycles. The molecule has 145 heavy (non-hydrogen) atoms. The lowest BCUT2D eigenvalue weighted by Crippen LogP contribution is -2.63. The number of aryl methyl sites for hydroxylation is 5. The summed E-state index contributed by atoms with van der Waals surface area (Å²) in [4.78, 5) is 145. The molecule has 15 aromatic rings. The first kappa shape index (κ1) is 103. The van der Waals surface area contributed by atoms with Crippen molar-refractivity contribution in [1.82, 2.24) is 100 Å². The van der Waals surface area contributed by atoms with Gasteiger partial charge < -0.3 is 61.7 Å². The number of halogens is 2. The number of nitrogens with one attached hydrogen (secondary N) is 3. The van der Waals surface area contributed by atoms with Gasteiger partial charge in [-0.25, -0.2) is 34.3 Å². The second-order valence-corrected chi connectivity index (χ2v) is 44.6. The molecule has 4 fully saturated rings. The maximum absolute atomic E-state index is 14.1. The van der Waals surface area contributed by atoms with Crippen LogP contribution in [0.25, 0.3) is 89.4 Å². The molecule has 0 atom stereocenters. The molecule has 19 rings (SSSR count). The standard InChI is InChI=1S/C29H34N6O3.C29H33N5O4.C28H32N6O3.C24H25ClFN3O3/c1-17-8-10-19(11-9-17)21-14-20(28(3,4)5)24-22(31-21)15-23(38-24)26(36)35-13-12-34(16-29(35,6)7)27(37)25-30-18(2)32-33-25;1-17-8-10-19(11-9-17)21-14-20(28(3,4)5)24-22(30-21)15-23(38-24)26(35)34-13-12-33(16-29(34,6)7)27(36)25-32-31-18(2)37-25;1-17-7-9-18(10-8-17)20-13-19(27(2,3)4)23-21(31-20)14-22(37-23)25(35)34-12-11-33(15-28(34,5)6)26(36)24-29-16-30-32-24;1-23(2,3)14-11-17(13-6-7-15(25)16(26)10-13)28-18-12-19(32-20(14)18)21(30)29-9-8-27-22(31)24(29,4)5/h8-11,14-15H,12-13,16H2,1-7H3,(H,30,32,33);8-11,14-15H,12-13,16H2,1-7H3;7-10,13-14,16H,11-12,15H2,1-6H3,(H,29,30,32);6-7,10-12H,8-9H2,1-5H3,(H,27,31). The fourth-order valence-electron chi connectivity index (χ4n) is 18.6. The minimum absolute atomic E-state index is 0.0373. The summed E-state index contributed by atoms with van der Waals surface area (Å²) in [5, 5.41) is 23.5. The zero-order valence-electron chi connectivity index (χ0n) is 86.8. The Morgan fingerprint density at radius 1 is 0.386 bits per heavy atom. The number of H-pyrrole nitrogens is 2. The molecule has 0 bridgehead atoms. The summed E-state index contributed by atoms with van der Waals surface area (Å²) in [6.07, 6.45) is 1.31. The maximum atomic E-state index is 14.1. The normalized spacial score (nSPS) is 15.9. The van der Waals surface area contributed by atoms with Crippen LogP contribution in [0, 0.1) is 40.4 Å². The van der Waals surface area contributed by atoms with E-state index in [4.69, 9.17) is 48.6 Å². The Labute approximate surface area is 845 Å². The van der Waals surface area contributed by atoms with Gasteiger partial charge in [0.05, 0.1) is 44.4 Å². The highest BCUT2D eigenvalue weighted by atomic mass is 35.5. The monoisotopic (exact) mass is 1990 g/mol. The second kappa shape index (κ2) is 39.0. The Morgan fingerprint density at radius 2 is 0.731 bits per heavy atom. The molecular weight excluding hydrogens is 1860 g/mol. The first-order chi connectivity index (χ1) is 68.0. The highest BCUT2D eigenvalue weighted by Gasteiger charge is 2.47. The lowest BCUT2D eigenvalue weighted by molar-refractivity contribution is -0.133. The summed E-state index contributed by atoms with van der Waals surface area (Å²) in [6.45, 7) is 53.8. The predicted molar refractivity (Wildman–Crippen MR) is 549 cm³/mol. The first-order valence-corrected chi connectivity index (χ1v) is 48.8. The molecule has 11 aromatic heterocycles. The fourth-order valence-corrected chi connectivity index (χ4v) is 18.7. The molecule has 756 valence electrons. The van der Waals surface area contributed by atoms with Gasteiger partial charge in [-0.15, -0.1) is 15.3 Å². The van der Waals surface area contributed by atoms with Gasteiger partial charge >= 0.3 is 11.8 Å². The van der Waals surface area contributed by atoms with Crippen LogP contribution in [-0.4, -0.2) is 236 Å². The van der Waals surface area contributed by atoms with E-state index in [1.807, 2.05) is 68.4 Å². The number of amides is 8. The molecule has 0 saturated carbocycles. The third-order valence-corrected chi connectivity index (χ3v) is 27.1. The smallest absolute Gasteiger partial charge is 0.311 e. The molecule has 0 aliphatic carbocycles. The van der Waals surface area contributed by atoms with Gasteiger partial charge in [0.2, 0.25) is 23.4 Å². The summed E-state index contributed by atoms with van der Waals surface area (Å²) in [7, 11) is 0. The SMILES string of the molecule is CC(C)(C)c1cc(-c2ccc(Cl)c(F)c2)nc2cc(C(=O)N3CCNC(=O)C3(C)C)oc12.Cc1ccc(-c2cc(C(C)(C)C)c3oc(C(=O)N4CCN(C(=O)c5n[nH]c(C)n5)CC4(C)C)cc3n2)cc1.Cc1ccc(-c2cc(C(C)(C)C)c3oc(C(=O)N4CCN(C(=O)c5ncn[nH]5)CC4(C)C)cc3n2)cc1.Cc1ccc(-c2cc(C(C)(C)C)c3oc(C(=O)N4CCN(C(=O)c5nnc(C)o5)CC4(C)C)cc3n2)cc1. The molecule has 4 aromatic carbocycles. The number of fused-ring (bicyclic) bond motifs is 4. The highest BCUT2D eigenvalue weighted by molar-refractivity contribution is 6.30. The number of hydrogen-bond donors (Lipinski definition) is 3. The molecule has 8 amide bonds. The van der Waals surface area contributed by atoms with Crippen molar-refractivity contribution < 1.29 is 64.8 Å². The van der Waals surface area contributed by atoms with Crippen LogP contribution in [0.3, 0.4) is 0 Å². The number of furan rings is 4. The molecule has 3 N–H and O–H groups in total. The lowest BCUT2D eigenvalue weighted by Gasteiger charge is -2.46. The van der Waals surface area contributed by atoms with Crippen LogP contribution < -0.4 is 5.32 Å². The fraction of sp³-hybridized carbons (Fsp3) is 0.400. The molecule has 0 radical (unpaired) electrons. The Morgan fingerprint density at radius 3 is 1.05 bits per heavy atom. The van der Waals surface area contributed by atoms with Gasteiger partial charge in [-0.3, -0.25) is 48.6 Å². The van der Waals surface area contributed by atoms with Gasteiger partial charge in [-0.1, -0.05) is 190 Å². The van der Waals surface area contributed by atoms with E-state index in [1.54, 1.807) is 87.4 Å². The first-order valence-electron chi connectivity index (χ1n) is 48.5. The summed E-state index contributed by atoms with van der Waals surface area (Å²) < 4.78 is 44.1. The van der Waals surface area contributed by atoms with Crippen LogP contribution in [0.4, 0.5) is 4.39 Å². The van der Waals surface area contributed by atoms with Crippen LogP contribution in [-0.2, 0) is 26.5 Å². The van der Waals surface area contributed by atoms with Crippen molar-refractivity contribution in [1.29, 1.82) is 0 Å². The van der Waals surface area contributed by atoms with Crippen molar-refractivity contribution in [3.8, 4) is 45.0 Å².